The van der Waals surface area contributed by atoms with E-state index in [9.17, 15) is 9.59 Å². The summed E-state index contributed by atoms with van der Waals surface area (Å²) in [5.74, 6) is -0.0764. The highest BCUT2D eigenvalue weighted by molar-refractivity contribution is 7.09. The highest BCUT2D eigenvalue weighted by Crippen LogP contribution is 2.46. The summed E-state index contributed by atoms with van der Waals surface area (Å²) in [6, 6.07) is 4.02. The summed E-state index contributed by atoms with van der Waals surface area (Å²) in [6.07, 6.45) is 2.84. The summed E-state index contributed by atoms with van der Waals surface area (Å²) in [6.45, 7) is 2.61. The lowest BCUT2D eigenvalue weighted by atomic mass is 9.83. The largest absolute Gasteiger partial charge is 0.466 e. The molecule has 1 fully saturated rings. The maximum Gasteiger partial charge on any atom is 0.410 e. The number of hydrogen-bond donors (Lipinski definition) is 1. The summed E-state index contributed by atoms with van der Waals surface area (Å²) >= 11 is 1.66. The van der Waals surface area contributed by atoms with Gasteiger partial charge in [0.15, 0.2) is 0 Å². The van der Waals surface area contributed by atoms with Crippen molar-refractivity contribution in [3.8, 4) is 0 Å². The minimum Gasteiger partial charge on any atom is -0.466 e. The molecule has 3 rings (SSSR count). The third-order valence-corrected chi connectivity index (χ3v) is 5.90. The number of methoxy groups -OCH3 is 1. The normalized spacial score (nSPS) is 27.7. The van der Waals surface area contributed by atoms with Gasteiger partial charge in [-0.1, -0.05) is 13.0 Å². The van der Waals surface area contributed by atoms with Crippen LogP contribution in [0.2, 0.25) is 0 Å². The highest BCUT2D eigenvalue weighted by atomic mass is 32.1. The van der Waals surface area contributed by atoms with E-state index in [0.29, 0.717) is 18.0 Å². The van der Waals surface area contributed by atoms with Crippen molar-refractivity contribution in [2.75, 3.05) is 13.7 Å². The van der Waals surface area contributed by atoms with E-state index in [1.807, 2.05) is 17.5 Å². The summed E-state index contributed by atoms with van der Waals surface area (Å²) < 4.78 is 15.9. The van der Waals surface area contributed by atoms with Crippen LogP contribution in [0, 0.1) is 17.8 Å². The van der Waals surface area contributed by atoms with Crippen LogP contribution in [0.25, 0.3) is 0 Å². The Hall–Kier alpha value is -2.02. The second kappa shape index (κ2) is 7.91. The van der Waals surface area contributed by atoms with Crippen LogP contribution in [-0.4, -0.2) is 32.0 Å². The van der Waals surface area contributed by atoms with Crippen LogP contribution in [0.1, 0.15) is 24.6 Å². The topological polar surface area (TPSA) is 73.9 Å². The number of ether oxygens (including phenoxy) is 3. The quantitative estimate of drug-likeness (QED) is 0.812. The molecule has 0 bridgehead atoms. The number of hydrogen-bond acceptors (Lipinski definition) is 6. The van der Waals surface area contributed by atoms with Gasteiger partial charge in [0, 0.05) is 23.3 Å². The van der Waals surface area contributed by atoms with E-state index in [2.05, 4.69) is 12.2 Å². The number of amides is 1. The van der Waals surface area contributed by atoms with Gasteiger partial charge in [0.2, 0.25) is 6.29 Å². The van der Waals surface area contributed by atoms with E-state index in [1.54, 1.807) is 11.3 Å². The predicted octanol–water partition coefficient (Wildman–Crippen LogP) is 3.09. The van der Waals surface area contributed by atoms with Crippen molar-refractivity contribution in [2.45, 2.75) is 32.5 Å². The van der Waals surface area contributed by atoms with Gasteiger partial charge in [-0.05, 0) is 36.6 Å². The molecule has 0 aromatic carbocycles. The fraction of sp³-hybridized carbons (Fsp3) is 0.556. The first-order valence-corrected chi connectivity index (χ1v) is 9.38. The molecular formula is C18H23NO5S. The van der Waals surface area contributed by atoms with Gasteiger partial charge in [0.05, 0.1) is 18.9 Å². The van der Waals surface area contributed by atoms with Gasteiger partial charge in [-0.25, -0.2) is 9.59 Å². The minimum absolute atomic E-state index is 0.0140. The van der Waals surface area contributed by atoms with Crippen LogP contribution in [0.5, 0.6) is 0 Å². The molecule has 1 aromatic heterocycles. The van der Waals surface area contributed by atoms with Crippen molar-refractivity contribution in [1.82, 2.24) is 5.32 Å². The van der Waals surface area contributed by atoms with Crippen molar-refractivity contribution >= 4 is 23.4 Å². The predicted molar refractivity (Wildman–Crippen MR) is 92.9 cm³/mol. The Balaban J connectivity index is 1.57. The molecule has 1 saturated carbocycles. The number of alkyl carbamates (subject to hydrolysis) is 1. The van der Waals surface area contributed by atoms with Gasteiger partial charge in [-0.15, -0.1) is 11.3 Å². The molecule has 0 spiro atoms. The Morgan fingerprint density at radius 1 is 1.40 bits per heavy atom. The van der Waals surface area contributed by atoms with E-state index >= 15 is 0 Å². The number of fused-ring (bicyclic) bond motifs is 1. The van der Waals surface area contributed by atoms with E-state index in [1.165, 1.54) is 18.2 Å². The molecular weight excluding hydrogens is 342 g/mol. The molecule has 4 atom stereocenters. The molecule has 136 valence electrons. The molecule has 0 saturated heterocycles. The van der Waals surface area contributed by atoms with Crippen LogP contribution < -0.4 is 5.32 Å². The lowest BCUT2D eigenvalue weighted by Gasteiger charge is -2.34. The SMILES string of the molecule is COC(=O)C1=COC(OC(=O)NCCc2cccs2)C2C(C)CCC12. The van der Waals surface area contributed by atoms with Crippen molar-refractivity contribution in [3.05, 3.63) is 34.2 Å². The van der Waals surface area contributed by atoms with Crippen LogP contribution in [-0.2, 0) is 25.4 Å². The zero-order valence-corrected chi connectivity index (χ0v) is 15.2. The van der Waals surface area contributed by atoms with Gasteiger partial charge in [0.25, 0.3) is 0 Å². The summed E-state index contributed by atoms with van der Waals surface area (Å²) in [7, 11) is 1.36. The standard InChI is InChI=1S/C18H23NO5S/c1-11-5-6-13-14(16(20)22-2)10-23-17(15(11)13)24-18(21)19-8-7-12-4-3-9-25-12/h3-4,9-11,13,15,17H,5-8H2,1-2H3,(H,19,21). The van der Waals surface area contributed by atoms with Gasteiger partial charge in [-0.2, -0.15) is 0 Å². The Kier molecular flexibility index (Phi) is 5.63. The number of nitrogens with one attached hydrogen (secondary N) is 1. The van der Waals surface area contributed by atoms with Crippen molar-refractivity contribution in [1.29, 1.82) is 0 Å². The fourth-order valence-corrected chi connectivity index (χ4v) is 4.39. The van der Waals surface area contributed by atoms with Crippen LogP contribution in [0.3, 0.4) is 0 Å². The smallest absolute Gasteiger partial charge is 0.410 e. The molecule has 7 heteroatoms. The molecule has 2 aliphatic rings. The molecule has 1 aromatic rings. The van der Waals surface area contributed by atoms with Crippen molar-refractivity contribution < 1.29 is 23.8 Å². The molecule has 6 nitrogen and oxygen atoms in total. The molecule has 1 aliphatic carbocycles. The summed E-state index contributed by atoms with van der Waals surface area (Å²) in [5, 5.41) is 4.77. The van der Waals surface area contributed by atoms with Gasteiger partial charge in [-0.3, -0.25) is 0 Å². The third kappa shape index (κ3) is 3.98. The number of rotatable bonds is 5. The third-order valence-electron chi connectivity index (χ3n) is 4.96. The lowest BCUT2D eigenvalue weighted by Crippen LogP contribution is -2.41. The average molecular weight is 365 g/mol. The Bertz CT molecular complexity index is 642. The second-order valence-corrected chi connectivity index (χ2v) is 7.50. The minimum atomic E-state index is -0.669. The van der Waals surface area contributed by atoms with Gasteiger partial charge in [0.1, 0.15) is 0 Å². The molecule has 25 heavy (non-hydrogen) atoms. The Labute approximate surface area is 151 Å². The first-order chi connectivity index (χ1) is 12.1. The van der Waals surface area contributed by atoms with Crippen molar-refractivity contribution in [3.63, 3.8) is 0 Å². The first kappa shape index (κ1) is 17.8. The fourth-order valence-electron chi connectivity index (χ4n) is 3.68. The zero-order valence-electron chi connectivity index (χ0n) is 14.4. The number of carbonyl (C=O) groups is 2. The van der Waals surface area contributed by atoms with E-state index in [-0.39, 0.29) is 17.8 Å². The van der Waals surface area contributed by atoms with Gasteiger partial charge >= 0.3 is 12.1 Å². The number of thiophene rings is 1. The van der Waals surface area contributed by atoms with Crippen LogP contribution in [0.4, 0.5) is 4.79 Å². The lowest BCUT2D eigenvalue weighted by molar-refractivity contribution is -0.145. The maximum atomic E-state index is 12.1. The van der Waals surface area contributed by atoms with Crippen LogP contribution >= 0.6 is 11.3 Å². The van der Waals surface area contributed by atoms with E-state index in [4.69, 9.17) is 14.2 Å². The molecule has 1 N–H and O–H groups in total. The number of esters is 1. The van der Waals surface area contributed by atoms with Crippen LogP contribution in [0.15, 0.2) is 29.3 Å². The van der Waals surface area contributed by atoms with Crippen molar-refractivity contribution in [2.24, 2.45) is 17.8 Å². The maximum absolute atomic E-state index is 12.1. The second-order valence-electron chi connectivity index (χ2n) is 6.47. The Morgan fingerprint density at radius 3 is 2.96 bits per heavy atom. The monoisotopic (exact) mass is 365 g/mol. The average Bonchev–Trinajstić information content (AvgIpc) is 3.25. The summed E-state index contributed by atoms with van der Waals surface area (Å²) in [5.41, 5.74) is 0.537. The molecule has 4 unspecified atom stereocenters. The molecule has 1 aliphatic heterocycles. The van der Waals surface area contributed by atoms with E-state index in [0.717, 1.165) is 19.3 Å². The first-order valence-electron chi connectivity index (χ1n) is 8.51. The van der Waals surface area contributed by atoms with E-state index < -0.39 is 12.4 Å². The number of carbonyl (C=O) groups excluding carboxylic acids is 2. The Morgan fingerprint density at radius 2 is 2.24 bits per heavy atom. The summed E-state index contributed by atoms with van der Waals surface area (Å²) in [4.78, 5) is 25.2. The molecule has 1 amide bonds. The van der Waals surface area contributed by atoms with Gasteiger partial charge < -0.3 is 19.5 Å². The molecule has 2 heterocycles. The molecule has 0 radical (unpaired) electrons. The highest BCUT2D eigenvalue weighted by Gasteiger charge is 2.48. The zero-order chi connectivity index (χ0) is 17.8.